The Bertz CT molecular complexity index is 468. The first-order valence-corrected chi connectivity index (χ1v) is 6.03. The number of aliphatic carboxylic acids is 2. The average Bonchev–Trinajstić information content (AvgIpc) is 2.70. The van der Waals surface area contributed by atoms with Crippen LogP contribution in [0.4, 0.5) is 0 Å². The van der Waals surface area contributed by atoms with Gasteiger partial charge in [-0.05, 0) is 25.5 Å². The molecule has 0 saturated carbocycles. The second-order valence-electron chi connectivity index (χ2n) is 3.71. The fourth-order valence-electron chi connectivity index (χ4n) is 1.31. The number of carboxylic acids is 2. The first-order valence-electron chi connectivity index (χ1n) is 5.22. The molecule has 1 amide bonds. The lowest BCUT2D eigenvalue weighted by Crippen LogP contribution is -2.40. The van der Waals surface area contributed by atoms with Crippen molar-refractivity contribution in [1.29, 1.82) is 0 Å². The minimum Gasteiger partial charge on any atom is -0.481 e. The van der Waals surface area contributed by atoms with Crippen LogP contribution in [0.3, 0.4) is 0 Å². The average molecular weight is 271 g/mol. The van der Waals surface area contributed by atoms with E-state index < -0.39 is 23.9 Å². The van der Waals surface area contributed by atoms with Crippen molar-refractivity contribution in [3.8, 4) is 0 Å². The molecule has 0 aliphatic heterocycles. The number of aryl methyl sites for hydroxylation is 1. The van der Waals surface area contributed by atoms with Gasteiger partial charge in [0.25, 0.3) is 5.91 Å². The molecule has 1 rings (SSSR count). The largest absolute Gasteiger partial charge is 0.481 e. The van der Waals surface area contributed by atoms with Gasteiger partial charge in [-0.15, -0.1) is 11.3 Å². The number of hydrogen-bond donors (Lipinski definition) is 3. The van der Waals surface area contributed by atoms with Crippen molar-refractivity contribution in [1.82, 2.24) is 5.32 Å². The highest BCUT2D eigenvalue weighted by molar-refractivity contribution is 7.13. The van der Waals surface area contributed by atoms with Crippen LogP contribution in [0.1, 0.15) is 27.4 Å². The summed E-state index contributed by atoms with van der Waals surface area (Å²) in [6.45, 7) is 1.83. The molecule has 0 bridgehead atoms. The van der Waals surface area contributed by atoms with Gasteiger partial charge in [0.05, 0.1) is 4.88 Å². The zero-order valence-electron chi connectivity index (χ0n) is 9.67. The summed E-state index contributed by atoms with van der Waals surface area (Å²) in [6.07, 6.45) is -0.443. The summed E-state index contributed by atoms with van der Waals surface area (Å²) < 4.78 is 0. The third kappa shape index (κ3) is 4.17. The highest BCUT2D eigenvalue weighted by Crippen LogP contribution is 2.15. The summed E-state index contributed by atoms with van der Waals surface area (Å²) in [5.74, 6) is -2.83. The van der Waals surface area contributed by atoms with E-state index in [0.717, 1.165) is 4.88 Å². The molecule has 3 N–H and O–H groups in total. The molecule has 7 heteroatoms. The van der Waals surface area contributed by atoms with Crippen LogP contribution in [-0.4, -0.2) is 34.1 Å². The zero-order chi connectivity index (χ0) is 13.7. The molecule has 18 heavy (non-hydrogen) atoms. The monoisotopic (exact) mass is 271 g/mol. The molecular weight excluding hydrogens is 258 g/mol. The molecule has 1 aromatic rings. The maximum absolute atomic E-state index is 11.7. The van der Waals surface area contributed by atoms with E-state index in [4.69, 9.17) is 10.2 Å². The molecular formula is C11H13NO5S. The summed E-state index contributed by atoms with van der Waals surface area (Å²) >= 11 is 1.25. The van der Waals surface area contributed by atoms with Gasteiger partial charge < -0.3 is 15.5 Å². The van der Waals surface area contributed by atoms with E-state index in [9.17, 15) is 14.4 Å². The molecule has 0 aliphatic carbocycles. The summed E-state index contributed by atoms with van der Waals surface area (Å²) in [4.78, 5) is 34.3. The van der Waals surface area contributed by atoms with Gasteiger partial charge >= 0.3 is 11.9 Å². The normalized spacial score (nSPS) is 11.8. The van der Waals surface area contributed by atoms with Crippen LogP contribution < -0.4 is 5.32 Å². The minimum atomic E-state index is -1.24. The predicted octanol–water partition coefficient (Wildman–Crippen LogP) is 1.10. The van der Waals surface area contributed by atoms with Crippen molar-refractivity contribution in [2.75, 3.05) is 0 Å². The molecule has 0 saturated heterocycles. The van der Waals surface area contributed by atoms with Crippen LogP contribution in [-0.2, 0) is 9.59 Å². The fraction of sp³-hybridized carbons (Fsp3) is 0.364. The van der Waals surface area contributed by atoms with Gasteiger partial charge in [-0.1, -0.05) is 0 Å². The lowest BCUT2D eigenvalue weighted by atomic mass is 10.1. The molecule has 0 spiro atoms. The molecule has 1 aromatic heterocycles. The third-order valence-electron chi connectivity index (χ3n) is 2.21. The number of thiophene rings is 1. The van der Waals surface area contributed by atoms with E-state index in [-0.39, 0.29) is 12.8 Å². The Morgan fingerprint density at radius 2 is 2.00 bits per heavy atom. The van der Waals surface area contributed by atoms with E-state index in [1.54, 1.807) is 12.1 Å². The Morgan fingerprint density at radius 1 is 1.33 bits per heavy atom. The Morgan fingerprint density at radius 3 is 2.44 bits per heavy atom. The molecule has 6 nitrogen and oxygen atoms in total. The number of amides is 1. The Labute approximate surface area is 107 Å². The van der Waals surface area contributed by atoms with Crippen molar-refractivity contribution in [2.45, 2.75) is 25.8 Å². The Balaban J connectivity index is 2.63. The van der Waals surface area contributed by atoms with Crippen molar-refractivity contribution in [3.05, 3.63) is 21.9 Å². The van der Waals surface area contributed by atoms with Crippen molar-refractivity contribution < 1.29 is 24.6 Å². The summed E-state index contributed by atoms with van der Waals surface area (Å²) in [5.41, 5.74) is 0. The predicted molar refractivity (Wildman–Crippen MR) is 64.8 cm³/mol. The smallest absolute Gasteiger partial charge is 0.326 e. The third-order valence-corrected chi connectivity index (χ3v) is 3.21. The van der Waals surface area contributed by atoms with E-state index in [1.165, 1.54) is 11.3 Å². The first-order chi connectivity index (χ1) is 8.40. The van der Waals surface area contributed by atoms with Crippen LogP contribution in [0.25, 0.3) is 0 Å². The molecule has 0 aromatic carbocycles. The summed E-state index contributed by atoms with van der Waals surface area (Å²) in [7, 11) is 0. The van der Waals surface area contributed by atoms with Gasteiger partial charge in [0, 0.05) is 11.3 Å². The van der Waals surface area contributed by atoms with Gasteiger partial charge in [0.2, 0.25) is 0 Å². The molecule has 1 heterocycles. The van der Waals surface area contributed by atoms with E-state index in [1.807, 2.05) is 6.92 Å². The first kappa shape index (κ1) is 14.2. The molecule has 0 unspecified atom stereocenters. The maximum Gasteiger partial charge on any atom is 0.326 e. The number of nitrogens with one attached hydrogen (secondary N) is 1. The van der Waals surface area contributed by atoms with Gasteiger partial charge in [-0.3, -0.25) is 9.59 Å². The van der Waals surface area contributed by atoms with Gasteiger partial charge in [0.15, 0.2) is 0 Å². The number of carbonyl (C=O) groups excluding carboxylic acids is 1. The van der Waals surface area contributed by atoms with Crippen molar-refractivity contribution >= 4 is 29.2 Å². The van der Waals surface area contributed by atoms with Crippen LogP contribution >= 0.6 is 11.3 Å². The molecule has 0 aliphatic rings. The molecule has 0 fully saturated rings. The lowest BCUT2D eigenvalue weighted by Gasteiger charge is -2.12. The highest BCUT2D eigenvalue weighted by atomic mass is 32.1. The van der Waals surface area contributed by atoms with Gasteiger partial charge in [-0.2, -0.15) is 0 Å². The molecule has 1 atom stereocenters. The second kappa shape index (κ2) is 6.15. The van der Waals surface area contributed by atoms with Crippen LogP contribution in [0, 0.1) is 6.92 Å². The van der Waals surface area contributed by atoms with E-state index in [2.05, 4.69) is 5.32 Å². The zero-order valence-corrected chi connectivity index (χ0v) is 10.5. The molecule has 0 radical (unpaired) electrons. The number of rotatable bonds is 6. The number of carbonyl (C=O) groups is 3. The number of hydrogen-bond acceptors (Lipinski definition) is 4. The quantitative estimate of drug-likeness (QED) is 0.719. The number of carboxylic acid groups (broad SMARTS) is 2. The summed E-state index contributed by atoms with van der Waals surface area (Å²) in [5, 5.41) is 19.7. The maximum atomic E-state index is 11.7. The van der Waals surface area contributed by atoms with Crippen LogP contribution in [0.5, 0.6) is 0 Å². The fourth-order valence-corrected chi connectivity index (χ4v) is 2.08. The van der Waals surface area contributed by atoms with Gasteiger partial charge in [-0.25, -0.2) is 4.79 Å². The van der Waals surface area contributed by atoms with Crippen LogP contribution in [0.15, 0.2) is 12.1 Å². The SMILES string of the molecule is Cc1ccc(C(=O)N[C@@H](CCC(=O)O)C(=O)O)s1. The molecule has 98 valence electrons. The lowest BCUT2D eigenvalue weighted by molar-refractivity contribution is -0.140. The second-order valence-corrected chi connectivity index (χ2v) is 4.99. The van der Waals surface area contributed by atoms with Crippen molar-refractivity contribution in [2.24, 2.45) is 0 Å². The standard InChI is InChI=1S/C11H13NO5S/c1-6-2-4-8(18-6)10(15)12-7(11(16)17)3-5-9(13)14/h2,4,7H,3,5H2,1H3,(H,12,15)(H,13,14)(H,16,17)/t7-/m0/s1. The van der Waals surface area contributed by atoms with Gasteiger partial charge in [0.1, 0.15) is 6.04 Å². The van der Waals surface area contributed by atoms with E-state index in [0.29, 0.717) is 4.88 Å². The highest BCUT2D eigenvalue weighted by Gasteiger charge is 2.22. The topological polar surface area (TPSA) is 104 Å². The Kier molecular flexibility index (Phi) is 4.85. The van der Waals surface area contributed by atoms with Crippen LogP contribution in [0.2, 0.25) is 0 Å². The Hall–Kier alpha value is -1.89. The summed E-state index contributed by atoms with van der Waals surface area (Å²) in [6, 6.07) is 2.17. The van der Waals surface area contributed by atoms with Crippen molar-refractivity contribution in [3.63, 3.8) is 0 Å². The van der Waals surface area contributed by atoms with E-state index >= 15 is 0 Å². The minimum absolute atomic E-state index is 0.138.